The fourth-order valence-corrected chi connectivity index (χ4v) is 8.33. The molecule has 0 N–H and O–H groups in total. The van der Waals surface area contributed by atoms with E-state index in [9.17, 15) is 17.6 Å². The van der Waals surface area contributed by atoms with Crippen LogP contribution in [-0.2, 0) is 10.0 Å². The fraction of sp³-hybridized carbons (Fsp3) is 0.438. The van der Waals surface area contributed by atoms with Gasteiger partial charge >= 0.3 is 0 Å². The van der Waals surface area contributed by atoms with Gasteiger partial charge in [0.2, 0.25) is 0 Å². The number of rotatable bonds is 8. The first kappa shape index (κ1) is 29.4. The average molecular weight is 605 g/mol. The van der Waals surface area contributed by atoms with Crippen LogP contribution < -0.4 is 0 Å². The Balaban J connectivity index is 1.11. The molecule has 9 nitrogen and oxygen atoms in total. The number of aryl methyl sites for hydroxylation is 2. The molecule has 3 aliphatic heterocycles. The molecule has 3 aromatic rings. The predicted molar refractivity (Wildman–Crippen MR) is 160 cm³/mol. The van der Waals surface area contributed by atoms with E-state index in [1.165, 1.54) is 34.5 Å². The number of hydrogen-bond acceptors (Lipinski definition) is 7. The summed E-state index contributed by atoms with van der Waals surface area (Å²) in [5, 5.41) is 0.0744. The summed E-state index contributed by atoms with van der Waals surface area (Å²) in [5.74, 6) is 0.368. The van der Waals surface area contributed by atoms with Gasteiger partial charge in [-0.15, -0.1) is 0 Å². The quantitative estimate of drug-likeness (QED) is 0.381. The van der Waals surface area contributed by atoms with Crippen molar-refractivity contribution in [3.05, 3.63) is 95.1 Å². The molecule has 1 aromatic carbocycles. The number of aromatic nitrogens is 3. The largest absolute Gasteiger partial charge is 0.377 e. The summed E-state index contributed by atoms with van der Waals surface area (Å²) in [5.41, 5.74) is 4.22. The summed E-state index contributed by atoms with van der Waals surface area (Å²) in [7, 11) is -3.64. The minimum absolute atomic E-state index is 0.0139. The van der Waals surface area contributed by atoms with Gasteiger partial charge in [-0.05, 0) is 80.3 Å². The predicted octanol–water partition coefficient (Wildman–Crippen LogP) is 4.17. The maximum Gasteiger partial charge on any atom is 0.260 e. The van der Waals surface area contributed by atoms with Crippen LogP contribution in [0.5, 0.6) is 0 Å². The van der Waals surface area contributed by atoms with Gasteiger partial charge in [-0.3, -0.25) is 4.79 Å². The van der Waals surface area contributed by atoms with E-state index < -0.39 is 10.0 Å². The Morgan fingerprint density at radius 1 is 1.02 bits per heavy atom. The molecule has 6 rings (SSSR count). The van der Waals surface area contributed by atoms with Gasteiger partial charge in [-0.25, -0.2) is 27.8 Å². The van der Waals surface area contributed by atoms with Crippen molar-refractivity contribution in [1.82, 2.24) is 29.1 Å². The number of halogens is 1. The molecule has 0 aliphatic carbocycles. The van der Waals surface area contributed by atoms with Crippen LogP contribution >= 0.6 is 0 Å². The first-order valence-electron chi connectivity index (χ1n) is 14.9. The molecule has 2 aromatic heterocycles. The van der Waals surface area contributed by atoms with Crippen molar-refractivity contribution in [2.24, 2.45) is 11.8 Å². The normalized spacial score (nSPS) is 20.3. The zero-order chi connectivity index (χ0) is 30.1. The lowest BCUT2D eigenvalue weighted by Gasteiger charge is -2.36. The van der Waals surface area contributed by atoms with Crippen LogP contribution in [0.2, 0.25) is 0 Å². The third kappa shape index (κ3) is 6.05. The second-order valence-corrected chi connectivity index (χ2v) is 13.7. The highest BCUT2D eigenvalue weighted by atomic mass is 32.2. The average Bonchev–Trinajstić information content (AvgIpc) is 3.57. The van der Waals surface area contributed by atoms with E-state index in [0.29, 0.717) is 61.9 Å². The van der Waals surface area contributed by atoms with E-state index in [1.54, 1.807) is 24.3 Å². The van der Waals surface area contributed by atoms with E-state index in [1.807, 2.05) is 24.8 Å². The summed E-state index contributed by atoms with van der Waals surface area (Å²) in [6.45, 7) is 7.46. The summed E-state index contributed by atoms with van der Waals surface area (Å²) in [6, 6.07) is 11.8. The van der Waals surface area contributed by atoms with Crippen LogP contribution in [0, 0.1) is 31.5 Å². The van der Waals surface area contributed by atoms with Crippen LogP contribution in [0.4, 0.5) is 4.39 Å². The highest BCUT2D eigenvalue weighted by molar-refractivity contribution is 7.89. The molecule has 0 saturated carbocycles. The van der Waals surface area contributed by atoms with Crippen LogP contribution in [0.1, 0.15) is 52.5 Å². The highest BCUT2D eigenvalue weighted by Gasteiger charge is 2.38. The Bertz CT molecular complexity index is 1600. The van der Waals surface area contributed by atoms with Gasteiger partial charge in [0.15, 0.2) is 5.03 Å². The van der Waals surface area contributed by atoms with E-state index >= 15 is 0 Å². The lowest BCUT2D eigenvalue weighted by atomic mass is 9.78. The van der Waals surface area contributed by atoms with Crippen molar-refractivity contribution in [2.45, 2.75) is 44.1 Å². The highest BCUT2D eigenvalue weighted by Crippen LogP contribution is 2.38. The Kier molecular flexibility index (Phi) is 8.28. The van der Waals surface area contributed by atoms with Gasteiger partial charge in [0.25, 0.3) is 15.9 Å². The number of pyridine rings is 1. The molecule has 2 saturated heterocycles. The Morgan fingerprint density at radius 2 is 1.79 bits per heavy atom. The van der Waals surface area contributed by atoms with Crippen molar-refractivity contribution in [2.75, 3.05) is 39.3 Å². The maximum absolute atomic E-state index is 14.3. The van der Waals surface area contributed by atoms with Gasteiger partial charge < -0.3 is 9.80 Å². The molecule has 2 fully saturated rings. The summed E-state index contributed by atoms with van der Waals surface area (Å²) < 4.78 is 42.1. The summed E-state index contributed by atoms with van der Waals surface area (Å²) >= 11 is 0. The molecule has 43 heavy (non-hydrogen) atoms. The minimum Gasteiger partial charge on any atom is -0.377 e. The first-order chi connectivity index (χ1) is 20.7. The molecular formula is C32H37FN6O3S. The first-order valence-corrected chi connectivity index (χ1v) is 16.3. The van der Waals surface area contributed by atoms with Crippen molar-refractivity contribution in [1.29, 1.82) is 0 Å². The van der Waals surface area contributed by atoms with Crippen molar-refractivity contribution < 1.29 is 17.6 Å². The lowest BCUT2D eigenvalue weighted by molar-refractivity contribution is 0.0782. The number of nitrogens with zero attached hydrogens (tertiary/aromatic N) is 6. The monoisotopic (exact) mass is 604 g/mol. The number of piperidine rings is 1. The van der Waals surface area contributed by atoms with Gasteiger partial charge in [-0.1, -0.05) is 18.2 Å². The fourth-order valence-electron chi connectivity index (χ4n) is 6.93. The van der Waals surface area contributed by atoms with E-state index in [2.05, 4.69) is 26.1 Å². The molecule has 3 aliphatic rings. The zero-order valence-corrected chi connectivity index (χ0v) is 25.4. The second kappa shape index (κ2) is 12.1. The van der Waals surface area contributed by atoms with E-state index in [-0.39, 0.29) is 28.6 Å². The zero-order valence-electron chi connectivity index (χ0n) is 24.6. The van der Waals surface area contributed by atoms with Crippen molar-refractivity contribution in [3.8, 4) is 0 Å². The SMILES string of the molecule is Cc1ncnc(C)c1C(=O)N1CC2=CN(CCC(c3cccc(F)c3)C3CCN(S(=O)(=O)c4ccccn4)CC3)CC2C1. The number of amides is 1. The third-order valence-electron chi connectivity index (χ3n) is 9.18. The number of sulfonamides is 1. The van der Waals surface area contributed by atoms with E-state index in [4.69, 9.17) is 0 Å². The molecule has 2 unspecified atom stereocenters. The summed E-state index contributed by atoms with van der Waals surface area (Å²) in [4.78, 5) is 30.0. The molecule has 1 amide bonds. The minimum atomic E-state index is -3.64. The Labute approximate surface area is 252 Å². The smallest absolute Gasteiger partial charge is 0.260 e. The van der Waals surface area contributed by atoms with Crippen LogP contribution in [0.25, 0.3) is 0 Å². The van der Waals surface area contributed by atoms with Crippen LogP contribution in [0.15, 0.2) is 71.8 Å². The number of likely N-dealkylation sites (tertiary alicyclic amines) is 1. The number of carbonyl (C=O) groups is 1. The lowest BCUT2D eigenvalue weighted by Crippen LogP contribution is -2.40. The van der Waals surface area contributed by atoms with Gasteiger partial charge in [0, 0.05) is 57.6 Å². The summed E-state index contributed by atoms with van der Waals surface area (Å²) in [6.07, 6.45) is 7.43. The number of fused-ring (bicyclic) bond motifs is 1. The van der Waals surface area contributed by atoms with Gasteiger partial charge in [-0.2, -0.15) is 4.31 Å². The molecule has 0 spiro atoms. The molecule has 5 heterocycles. The number of benzene rings is 1. The molecule has 226 valence electrons. The third-order valence-corrected chi connectivity index (χ3v) is 11.0. The standard InChI is InChI=1S/C32H37FN6O3S/c1-22-31(23(2)36-21-35-22)32(40)38-19-26-17-37(18-27(26)20-38)13-11-29(25-6-5-7-28(33)16-25)24-9-14-39(15-10-24)43(41,42)30-8-3-4-12-34-30/h3-8,12,16-17,21,24,27,29H,9-11,13-15,18-20H2,1-2H3. The van der Waals surface area contributed by atoms with Crippen LogP contribution in [-0.4, -0.2) is 82.7 Å². The molecule has 11 heteroatoms. The van der Waals surface area contributed by atoms with Gasteiger partial charge in [0.05, 0.1) is 17.0 Å². The second-order valence-electron chi connectivity index (χ2n) is 11.9. The molecule has 0 radical (unpaired) electrons. The molecule has 0 bridgehead atoms. The topological polar surface area (TPSA) is 99.6 Å². The maximum atomic E-state index is 14.3. The Morgan fingerprint density at radius 3 is 2.47 bits per heavy atom. The number of carbonyl (C=O) groups excluding carboxylic acids is 1. The molecule has 2 atom stereocenters. The van der Waals surface area contributed by atoms with Gasteiger partial charge in [0.1, 0.15) is 12.1 Å². The molecular weight excluding hydrogens is 567 g/mol. The van der Waals surface area contributed by atoms with Crippen molar-refractivity contribution >= 4 is 15.9 Å². The Hall–Kier alpha value is -3.70. The van der Waals surface area contributed by atoms with Crippen LogP contribution in [0.3, 0.4) is 0 Å². The van der Waals surface area contributed by atoms with E-state index in [0.717, 1.165) is 25.1 Å². The van der Waals surface area contributed by atoms with Crippen molar-refractivity contribution in [3.63, 3.8) is 0 Å². The number of hydrogen-bond donors (Lipinski definition) is 0.